The molecule has 0 N–H and O–H groups in total. The summed E-state index contributed by atoms with van der Waals surface area (Å²) in [5.41, 5.74) is 0.700. The summed E-state index contributed by atoms with van der Waals surface area (Å²) < 4.78 is 23.1. The van der Waals surface area contributed by atoms with Crippen molar-refractivity contribution in [3.63, 3.8) is 0 Å². The normalized spacial score (nSPS) is 10.5. The monoisotopic (exact) mass is 317 g/mol. The minimum absolute atomic E-state index is 0.153. The molecule has 0 amide bonds. The molecule has 0 aliphatic carbocycles. The van der Waals surface area contributed by atoms with Crippen molar-refractivity contribution in [1.82, 2.24) is 0 Å². The zero-order chi connectivity index (χ0) is 16.8. The number of esters is 1. The van der Waals surface area contributed by atoms with E-state index in [-0.39, 0.29) is 17.1 Å². The molecule has 2 aromatic carbocycles. The van der Waals surface area contributed by atoms with E-state index in [2.05, 4.69) is 0 Å². The number of nitro groups is 1. The van der Waals surface area contributed by atoms with Crippen molar-refractivity contribution < 1.29 is 23.6 Å². The molecule has 0 aromatic heterocycles. The highest BCUT2D eigenvalue weighted by Crippen LogP contribution is 2.29. The van der Waals surface area contributed by atoms with Crippen LogP contribution in [0.5, 0.6) is 11.5 Å². The second-order valence-corrected chi connectivity index (χ2v) is 4.41. The Hall–Kier alpha value is -3.22. The summed E-state index contributed by atoms with van der Waals surface area (Å²) in [5.74, 6) is -0.732. The fourth-order valence-electron chi connectivity index (χ4n) is 1.76. The largest absolute Gasteiger partial charge is 0.493 e. The quantitative estimate of drug-likeness (QED) is 0.366. The lowest BCUT2D eigenvalue weighted by atomic mass is 10.2. The topological polar surface area (TPSA) is 78.7 Å². The second kappa shape index (κ2) is 7.17. The van der Waals surface area contributed by atoms with Crippen LogP contribution in [0.1, 0.15) is 15.9 Å². The van der Waals surface area contributed by atoms with Gasteiger partial charge in [-0.15, -0.1) is 0 Å². The van der Waals surface area contributed by atoms with Crippen molar-refractivity contribution in [2.24, 2.45) is 0 Å². The average molecular weight is 317 g/mol. The molecule has 2 rings (SSSR count). The van der Waals surface area contributed by atoms with E-state index in [0.717, 1.165) is 18.3 Å². The number of benzene rings is 2. The third-order valence-corrected chi connectivity index (χ3v) is 2.86. The van der Waals surface area contributed by atoms with Crippen LogP contribution >= 0.6 is 0 Å². The summed E-state index contributed by atoms with van der Waals surface area (Å²) in [4.78, 5) is 21.7. The molecule has 0 unspecified atom stereocenters. The number of halogens is 1. The highest BCUT2D eigenvalue weighted by atomic mass is 19.1. The van der Waals surface area contributed by atoms with Crippen LogP contribution in [0.2, 0.25) is 0 Å². The molecule has 0 atom stereocenters. The molecule has 23 heavy (non-hydrogen) atoms. The molecule has 0 spiro atoms. The number of hydrogen-bond acceptors (Lipinski definition) is 5. The summed E-state index contributed by atoms with van der Waals surface area (Å²) in [6.45, 7) is 0. The molecule has 0 aliphatic heterocycles. The van der Waals surface area contributed by atoms with Gasteiger partial charge in [-0.25, -0.2) is 9.18 Å². The van der Waals surface area contributed by atoms with Crippen LogP contribution in [0, 0.1) is 15.9 Å². The number of carbonyl (C=O) groups is 1. The first-order chi connectivity index (χ1) is 11.0. The fraction of sp³-hybridized carbons (Fsp3) is 0.0625. The first-order valence-corrected chi connectivity index (χ1v) is 6.47. The van der Waals surface area contributed by atoms with Gasteiger partial charge in [0.05, 0.1) is 17.6 Å². The lowest BCUT2D eigenvalue weighted by molar-refractivity contribution is -0.400. The van der Waals surface area contributed by atoms with Crippen molar-refractivity contribution in [2.45, 2.75) is 0 Å². The summed E-state index contributed by atoms with van der Waals surface area (Å²) in [5, 5.41) is 10.3. The van der Waals surface area contributed by atoms with Crippen molar-refractivity contribution in [3.05, 3.63) is 75.7 Å². The van der Waals surface area contributed by atoms with Gasteiger partial charge in [-0.05, 0) is 42.0 Å². The van der Waals surface area contributed by atoms with Gasteiger partial charge in [-0.2, -0.15) is 0 Å². The maximum Gasteiger partial charge on any atom is 0.343 e. The van der Waals surface area contributed by atoms with E-state index in [1.807, 2.05) is 0 Å². The third kappa shape index (κ3) is 4.37. The van der Waals surface area contributed by atoms with Gasteiger partial charge in [0.15, 0.2) is 11.5 Å². The zero-order valence-corrected chi connectivity index (χ0v) is 12.1. The molecule has 0 heterocycles. The molecule has 6 nitrogen and oxygen atoms in total. The smallest absolute Gasteiger partial charge is 0.343 e. The highest BCUT2D eigenvalue weighted by Gasteiger charge is 2.13. The van der Waals surface area contributed by atoms with E-state index < -0.39 is 16.7 Å². The van der Waals surface area contributed by atoms with Crippen molar-refractivity contribution in [1.29, 1.82) is 0 Å². The Labute approximate surface area is 130 Å². The molecule has 2 aromatic rings. The maximum absolute atomic E-state index is 12.8. The first-order valence-electron chi connectivity index (χ1n) is 6.47. The van der Waals surface area contributed by atoms with Crippen LogP contribution in [0.3, 0.4) is 0 Å². The summed E-state index contributed by atoms with van der Waals surface area (Å²) in [6, 6.07) is 9.40. The van der Waals surface area contributed by atoms with Crippen molar-refractivity contribution in [3.8, 4) is 11.5 Å². The van der Waals surface area contributed by atoms with Gasteiger partial charge in [-0.3, -0.25) is 10.1 Å². The van der Waals surface area contributed by atoms with Gasteiger partial charge in [0, 0.05) is 6.08 Å². The van der Waals surface area contributed by atoms with E-state index in [4.69, 9.17) is 9.47 Å². The van der Waals surface area contributed by atoms with Gasteiger partial charge in [0.1, 0.15) is 5.82 Å². The molecule has 0 saturated carbocycles. The summed E-state index contributed by atoms with van der Waals surface area (Å²) >= 11 is 0. The van der Waals surface area contributed by atoms with Crippen LogP contribution in [0.25, 0.3) is 6.08 Å². The van der Waals surface area contributed by atoms with E-state index in [1.165, 1.54) is 43.5 Å². The van der Waals surface area contributed by atoms with Gasteiger partial charge in [-0.1, -0.05) is 6.07 Å². The molecular formula is C16H12FNO5. The number of rotatable bonds is 5. The maximum atomic E-state index is 12.8. The number of nitrogens with zero attached hydrogens (tertiary/aromatic N) is 1. The summed E-state index contributed by atoms with van der Waals surface area (Å²) in [7, 11) is 1.38. The molecule has 0 radical (unpaired) electrons. The SMILES string of the molecule is COc1cc(/C=C/[N+](=O)[O-])ccc1OC(=O)c1ccc(F)cc1. The first kappa shape index (κ1) is 16.2. The number of carbonyl (C=O) groups excluding carboxylic acids is 1. The Kier molecular flexibility index (Phi) is 5.03. The van der Waals surface area contributed by atoms with Crippen LogP contribution < -0.4 is 9.47 Å². The molecule has 0 aliphatic rings. The van der Waals surface area contributed by atoms with Gasteiger partial charge in [0.25, 0.3) is 0 Å². The van der Waals surface area contributed by atoms with Crippen LogP contribution in [0.4, 0.5) is 4.39 Å². The number of methoxy groups -OCH3 is 1. The molecular weight excluding hydrogens is 305 g/mol. The molecule has 0 bridgehead atoms. The zero-order valence-electron chi connectivity index (χ0n) is 12.1. The predicted molar refractivity (Wildman–Crippen MR) is 80.4 cm³/mol. The second-order valence-electron chi connectivity index (χ2n) is 4.41. The Morgan fingerprint density at radius 2 is 1.87 bits per heavy atom. The number of ether oxygens (including phenoxy) is 2. The standard InChI is InChI=1S/C16H12FNO5/c1-22-15-10-11(8-9-18(20)21)2-7-14(15)23-16(19)12-3-5-13(17)6-4-12/h2-10H,1H3/b9-8+. The Morgan fingerprint density at radius 1 is 1.17 bits per heavy atom. The van der Waals surface area contributed by atoms with E-state index in [9.17, 15) is 19.3 Å². The fourth-order valence-corrected chi connectivity index (χ4v) is 1.76. The molecule has 7 heteroatoms. The van der Waals surface area contributed by atoms with Gasteiger partial charge >= 0.3 is 5.97 Å². The van der Waals surface area contributed by atoms with Gasteiger partial charge < -0.3 is 9.47 Å². The Balaban J connectivity index is 2.20. The van der Waals surface area contributed by atoms with Gasteiger partial charge in [0.2, 0.25) is 6.20 Å². The molecule has 118 valence electrons. The van der Waals surface area contributed by atoms with Crippen LogP contribution in [-0.4, -0.2) is 18.0 Å². The Bertz CT molecular complexity index is 756. The van der Waals surface area contributed by atoms with Crippen LogP contribution in [0.15, 0.2) is 48.7 Å². The highest BCUT2D eigenvalue weighted by molar-refractivity contribution is 5.91. The molecule has 0 fully saturated rings. The third-order valence-electron chi connectivity index (χ3n) is 2.86. The number of hydrogen-bond donors (Lipinski definition) is 0. The summed E-state index contributed by atoms with van der Waals surface area (Å²) in [6.07, 6.45) is 2.08. The predicted octanol–water partition coefficient (Wildman–Crippen LogP) is 3.30. The van der Waals surface area contributed by atoms with E-state index >= 15 is 0 Å². The van der Waals surface area contributed by atoms with E-state index in [0.29, 0.717) is 5.56 Å². The van der Waals surface area contributed by atoms with Crippen molar-refractivity contribution >= 4 is 12.0 Å². The van der Waals surface area contributed by atoms with E-state index in [1.54, 1.807) is 0 Å². The van der Waals surface area contributed by atoms with Crippen molar-refractivity contribution in [2.75, 3.05) is 7.11 Å². The van der Waals surface area contributed by atoms with Crippen LogP contribution in [-0.2, 0) is 0 Å². The molecule has 0 saturated heterocycles. The Morgan fingerprint density at radius 3 is 2.48 bits per heavy atom. The minimum Gasteiger partial charge on any atom is -0.493 e. The lowest BCUT2D eigenvalue weighted by Crippen LogP contribution is -2.09. The average Bonchev–Trinajstić information content (AvgIpc) is 2.54. The minimum atomic E-state index is -0.670. The lowest BCUT2D eigenvalue weighted by Gasteiger charge is -2.09.